The molecule has 0 spiro atoms. The van der Waals surface area contributed by atoms with Gasteiger partial charge in [0.2, 0.25) is 35.8 Å². The molecular weight excluding hydrogens is 2020 g/mol. The van der Waals surface area contributed by atoms with E-state index in [1.807, 2.05) is 6.92 Å². The number of aliphatic hydroxyl groups is 1. The summed E-state index contributed by atoms with van der Waals surface area (Å²) in [5.74, 6) is 10.1. The van der Waals surface area contributed by atoms with Gasteiger partial charge in [0.05, 0.1) is 73.1 Å². The minimum Gasteiger partial charge on any atom is -0.480 e. The summed E-state index contributed by atoms with van der Waals surface area (Å²) in [6.07, 6.45) is -2.64. The number of phosphoric acid groups is 3. The highest BCUT2D eigenvalue weighted by Crippen LogP contribution is 2.55. The normalized spacial score (nSPS) is 30.2. The fourth-order valence-electron chi connectivity index (χ4n) is 19.2. The van der Waals surface area contributed by atoms with E-state index in [9.17, 15) is 53.4 Å². The van der Waals surface area contributed by atoms with Crippen molar-refractivity contribution < 1.29 is 147 Å². The molecule has 5 aromatic heterocycles. The Balaban J connectivity index is 0.920. The van der Waals surface area contributed by atoms with Crippen molar-refractivity contribution >= 4 is 111 Å². The van der Waals surface area contributed by atoms with E-state index in [1.165, 1.54) is 21.5 Å². The van der Waals surface area contributed by atoms with E-state index in [-0.39, 0.29) is 109 Å². The molecule has 9 aliphatic rings. The number of nitrogens with zero attached hydrogens (tertiary/aromatic N) is 13. The molecule has 7 amide bonds. The van der Waals surface area contributed by atoms with Crippen molar-refractivity contribution in [3.63, 3.8) is 0 Å². The number of H-pyrrole nitrogens is 1. The molecule has 15 rings (SSSR count). The predicted molar refractivity (Wildman–Crippen MR) is 529 cm³/mol. The van der Waals surface area contributed by atoms with E-state index >= 15 is 28.3 Å². The number of ether oxygens (including phenoxy) is 5. The van der Waals surface area contributed by atoms with Crippen molar-refractivity contribution in [3.8, 4) is 47.4 Å². The summed E-state index contributed by atoms with van der Waals surface area (Å²) in [7, 11) is -13.3. The van der Waals surface area contributed by atoms with Crippen LogP contribution in [0.25, 0.3) is 22.1 Å². The number of hydrogen-bond donors (Lipinski definition) is 10. The number of imide groups is 1. The number of likely N-dealkylation sites (N-methyl/N-ethyl adjacent to an activating group) is 1. The van der Waals surface area contributed by atoms with Gasteiger partial charge in [0.25, 0.3) is 5.56 Å². The van der Waals surface area contributed by atoms with Crippen LogP contribution in [0.15, 0.2) is 64.8 Å². The van der Waals surface area contributed by atoms with Crippen molar-refractivity contribution in [3.05, 3.63) is 98.3 Å². The SMILES string of the molecule is CCCCN1OCC#CC2C=[N+](C(=O)NC2=O)[C@@H]2CC(O)[C@H](COP(=O)(O)O[C@H]3C[C@@H]4O[C@H]3COP(=O)(O)O[C@H]3C[C@@H]5O[C@H]3COP(=O)(O)O[C@H]3C[C@@H]6O[C@H]3COCCCCCCCCCCCCCCCCCC(CC(CC(CCC1=O)C(=O)N(Cc1ccccc1)OCC#Cc1cn4c(=O)nc1N)C(=O)N(CCN(C)C)OCC#Cc1cn5c3ncnc(N)c13)C(=O)N(CC(=O)O)OCC#Cc1cn6c3nc(N)[nH]c(=O)c13)O2. The lowest BCUT2D eigenvalue weighted by Crippen LogP contribution is -2.51. The number of carboxylic acid groups (broad SMARTS) is 1. The van der Waals surface area contributed by atoms with Crippen molar-refractivity contribution in [2.45, 2.75) is 254 Å². The maximum absolute atomic E-state index is 16.9. The molecule has 14 heterocycles. The first-order chi connectivity index (χ1) is 72.1. The Hall–Kier alpha value is -11.2. The molecule has 150 heavy (non-hydrogen) atoms. The molecule has 812 valence electrons. The quantitative estimate of drug-likeness (QED) is 0.0401. The van der Waals surface area contributed by atoms with Crippen LogP contribution in [0.1, 0.15) is 215 Å². The van der Waals surface area contributed by atoms with Gasteiger partial charge in [0.1, 0.15) is 124 Å². The van der Waals surface area contributed by atoms with Crippen LogP contribution in [-0.2, 0) is 119 Å². The van der Waals surface area contributed by atoms with Crippen LogP contribution in [-0.4, -0.2) is 296 Å². The Morgan fingerprint density at radius 2 is 1.05 bits per heavy atom. The summed E-state index contributed by atoms with van der Waals surface area (Å²) in [6, 6.07) is 7.48. The summed E-state index contributed by atoms with van der Waals surface area (Å²) < 4.78 is 117. The number of aliphatic carboxylic acids is 1. The molecule has 0 aliphatic carbocycles. The summed E-state index contributed by atoms with van der Waals surface area (Å²) in [4.78, 5) is 218. The number of aromatic amines is 1. The molecule has 13 N–H and O–H groups in total. The lowest BCUT2D eigenvalue weighted by Gasteiger charge is -2.33. The van der Waals surface area contributed by atoms with E-state index in [0.29, 0.717) is 49.2 Å². The summed E-state index contributed by atoms with van der Waals surface area (Å²) in [6.45, 7) is -5.60. The van der Waals surface area contributed by atoms with E-state index in [2.05, 4.69) is 77.6 Å². The Labute approximate surface area is 863 Å². The number of hydrogen-bond acceptors (Lipinski definition) is 36. The van der Waals surface area contributed by atoms with Crippen LogP contribution in [0, 0.1) is 71.0 Å². The summed E-state index contributed by atoms with van der Waals surface area (Å²) in [5, 5.41) is 28.2. The number of unbranched alkanes of at least 4 members (excludes halogenated alkanes) is 1. The number of fused-ring (bicyclic) bond motifs is 30. The third-order valence-corrected chi connectivity index (χ3v) is 30.0. The first kappa shape index (κ1) is 113. The second-order valence-electron chi connectivity index (χ2n) is 38.1. The predicted octanol–water partition coefficient (Wildman–Crippen LogP) is 6.43. The third-order valence-electron chi connectivity index (χ3n) is 26.9. The van der Waals surface area contributed by atoms with E-state index in [4.69, 9.17) is 87.4 Å². The van der Waals surface area contributed by atoms with Gasteiger partial charge < -0.3 is 79.8 Å². The molecule has 4 fully saturated rings. The maximum Gasteiger partial charge on any atom is 0.500 e. The van der Waals surface area contributed by atoms with Gasteiger partial charge in [-0.2, -0.15) is 24.7 Å². The minimum atomic E-state index is -5.70. The Bertz CT molecular complexity index is 6400. The van der Waals surface area contributed by atoms with Gasteiger partial charge in [-0.25, -0.2) is 53.5 Å². The Morgan fingerprint density at radius 3 is 1.65 bits per heavy atom. The number of hydroxylamine groups is 8. The highest BCUT2D eigenvalue weighted by atomic mass is 31.2. The lowest BCUT2D eigenvalue weighted by atomic mass is 9.81. The smallest absolute Gasteiger partial charge is 0.480 e. The number of amides is 7. The monoisotopic (exact) mass is 2150 g/mol. The van der Waals surface area contributed by atoms with Gasteiger partial charge in [0, 0.05) is 88.1 Å². The number of carbonyl (C=O) groups is 7. The number of anilines is 3. The number of aromatic nitrogens is 8. The van der Waals surface area contributed by atoms with Crippen LogP contribution >= 0.6 is 23.5 Å². The third kappa shape index (κ3) is 30.5. The van der Waals surface area contributed by atoms with Gasteiger partial charge >= 0.3 is 47.1 Å². The molecule has 0 radical (unpaired) electrons. The first-order valence-electron chi connectivity index (χ1n) is 50.5. The number of nitrogens with one attached hydrogen (secondary N) is 2. The zero-order valence-electron chi connectivity index (χ0n) is 83.4. The molecular formula is C97H128N18O32P3+. The maximum atomic E-state index is 16.9. The molecule has 50 nitrogen and oxygen atoms in total. The van der Waals surface area contributed by atoms with Gasteiger partial charge in [-0.15, -0.1) is 0 Å². The molecule has 4 saturated heterocycles. The molecule has 0 saturated carbocycles. The molecule has 8 unspecified atom stereocenters. The fraction of sp³-hybridized carbons (Fsp3) is 0.608. The molecule has 19 atom stereocenters. The van der Waals surface area contributed by atoms with Crippen LogP contribution in [0.4, 0.5) is 22.4 Å². The van der Waals surface area contributed by atoms with Crippen molar-refractivity contribution in [1.29, 1.82) is 0 Å². The molecule has 9 aliphatic heterocycles. The molecule has 6 aromatic rings. The summed E-state index contributed by atoms with van der Waals surface area (Å²) in [5.41, 5.74) is 17.8. The molecule has 1 aromatic carbocycles. The molecule has 22 bridgehead atoms. The Morgan fingerprint density at radius 1 is 0.540 bits per heavy atom. The van der Waals surface area contributed by atoms with Crippen molar-refractivity contribution in [1.82, 2.24) is 69.1 Å². The Kier molecular flexibility index (Phi) is 39.8. The average Bonchev–Trinajstić information content (AvgIpc) is 1.61. The topological polar surface area (TPSA) is 636 Å². The first-order valence-corrected chi connectivity index (χ1v) is 54.9. The highest BCUT2D eigenvalue weighted by Gasteiger charge is 2.52. The number of nitrogens with two attached hydrogens (primary N) is 3. The van der Waals surface area contributed by atoms with Gasteiger partial charge in [0.15, 0.2) is 11.6 Å². The number of aliphatic hydroxyl groups excluding tert-OH is 1. The highest BCUT2D eigenvalue weighted by molar-refractivity contribution is 7.48. The average molecular weight is 2150 g/mol. The number of rotatable bonds is 10. The van der Waals surface area contributed by atoms with Crippen LogP contribution < -0.4 is 33.8 Å². The van der Waals surface area contributed by atoms with Crippen LogP contribution in [0.3, 0.4) is 0 Å². The van der Waals surface area contributed by atoms with Crippen molar-refractivity contribution in [2.24, 2.45) is 23.7 Å². The van der Waals surface area contributed by atoms with E-state index < -0.39 is 271 Å². The number of carbonyl (C=O) groups excluding carboxylic acids is 6. The zero-order valence-corrected chi connectivity index (χ0v) is 86.1. The number of urea groups is 1. The number of nitrogen functional groups attached to an aromatic ring is 3. The van der Waals surface area contributed by atoms with E-state index in [0.717, 1.165) is 114 Å². The standard InChI is InChI=1S/C97H127N18O32P3/c1-4-5-37-112-78(117)36-35-64-46-69-45-63-30-22-17-15-13-11-9-7-6-8-10-12-14-16-18-23-40-133-57-75-71(48-81(142-75)109-53-66(85-89(109)104-95(100)105-91(85)121)32-25-43-137-115(92(63)122)56-83(118)119)145-149(129,130)139-59-76-72(49-80(143-76)108-52-65(84-87(99)101-61-102-88(84)108)31-24-42-135-113(94(69)124)39-38-107(2)3)146-150(131,132)140-60-77-73(147-148(127,128)138-58-74-70(116)47-79(141-74)111-55-68(34-27-41-134-112)90(120)106-97(111)126)50-82(144-77)110-54-67(86(98)103-96(110)125)33-26-44-136-114(93(64)123)51-62-28-20-19-21-29-62/h19-21,28-29,52-55,61,63-64,68-77,79-82,116H,4-18,22-23,30,35-51,56-60H2,1-3H3,(H11-,98,99,100,101,102,103,104,105,106,118,119,120,121,125,126,127,128,129,130,131,132)/p+1/t63?,64?,68?,69?,70?,71-,72-,73-,74-,75-,76-,77-,79-,80-,81-,82-/m0/s1. The summed E-state index contributed by atoms with van der Waals surface area (Å²) >= 11 is 0. The fourth-order valence-corrected chi connectivity index (χ4v) is 22.1. The van der Waals surface area contributed by atoms with Crippen LogP contribution in [0.2, 0.25) is 0 Å². The molecule has 53 heteroatoms. The van der Waals surface area contributed by atoms with E-state index in [1.54, 1.807) is 49.3 Å². The largest absolute Gasteiger partial charge is 0.500 e. The number of carboxylic acids is 1. The van der Waals surface area contributed by atoms with Gasteiger partial charge in [-0.05, 0) is 58.2 Å². The number of benzene rings is 1. The second kappa shape index (κ2) is 52.9. The number of phosphoric ester groups is 3. The second-order valence-corrected chi connectivity index (χ2v) is 42.3. The van der Waals surface area contributed by atoms with Crippen molar-refractivity contribution in [2.75, 3.05) is 117 Å². The van der Waals surface area contributed by atoms with Gasteiger partial charge in [-0.3, -0.25) is 84.8 Å². The lowest BCUT2D eigenvalue weighted by molar-refractivity contribution is -0.525. The zero-order chi connectivity index (χ0) is 106. The minimum absolute atomic E-state index is 0.0174. The van der Waals surface area contributed by atoms with Gasteiger partial charge in [-0.1, -0.05) is 181 Å². The van der Waals surface area contributed by atoms with Crippen LogP contribution in [0.5, 0.6) is 0 Å².